The highest BCUT2D eigenvalue weighted by molar-refractivity contribution is 7.07. The summed E-state index contributed by atoms with van der Waals surface area (Å²) >= 11 is 1.22. The van der Waals surface area contributed by atoms with Crippen molar-refractivity contribution in [2.24, 2.45) is 4.99 Å². The Morgan fingerprint density at radius 3 is 2.76 bits per heavy atom. The first-order valence-corrected chi connectivity index (χ1v) is 9.78. The maximum atomic E-state index is 13.5. The van der Waals surface area contributed by atoms with Crippen molar-refractivity contribution >= 4 is 23.4 Å². The van der Waals surface area contributed by atoms with E-state index in [0.717, 1.165) is 5.56 Å². The highest BCUT2D eigenvalue weighted by Crippen LogP contribution is 2.30. The largest absolute Gasteiger partial charge is 0.472 e. The highest BCUT2D eigenvalue weighted by atomic mass is 32.1. The van der Waals surface area contributed by atoms with Crippen LogP contribution in [0.2, 0.25) is 0 Å². The summed E-state index contributed by atoms with van der Waals surface area (Å²) < 4.78 is 25.7. The Labute approximate surface area is 168 Å². The summed E-state index contributed by atoms with van der Waals surface area (Å²) in [5, 5.41) is 0. The third-order valence-corrected chi connectivity index (χ3v) is 5.53. The Balaban J connectivity index is 1.97. The topological polar surface area (TPSA) is 73.8 Å². The van der Waals surface area contributed by atoms with E-state index in [-0.39, 0.29) is 17.7 Å². The molecular weight excluding hydrogens is 395 g/mol. The van der Waals surface area contributed by atoms with Crippen LogP contribution in [-0.4, -0.2) is 17.1 Å². The van der Waals surface area contributed by atoms with Crippen LogP contribution < -0.4 is 14.9 Å². The molecule has 1 atom stereocenters. The molecule has 0 unspecified atom stereocenters. The average Bonchev–Trinajstić information content (AvgIpc) is 3.30. The van der Waals surface area contributed by atoms with Crippen LogP contribution in [0.5, 0.6) is 0 Å². The molecule has 1 aliphatic heterocycles. The van der Waals surface area contributed by atoms with Crippen LogP contribution in [0.4, 0.5) is 4.39 Å². The molecule has 0 fully saturated rings. The Bertz CT molecular complexity index is 1270. The summed E-state index contributed by atoms with van der Waals surface area (Å²) in [6.07, 6.45) is 4.76. The number of esters is 1. The lowest BCUT2D eigenvalue weighted by molar-refractivity contribution is -0.139. The van der Waals surface area contributed by atoms with Crippen molar-refractivity contribution in [2.45, 2.75) is 19.9 Å². The van der Waals surface area contributed by atoms with Gasteiger partial charge >= 0.3 is 5.97 Å². The third kappa shape index (κ3) is 3.47. The maximum absolute atomic E-state index is 13.5. The minimum Gasteiger partial charge on any atom is -0.472 e. The number of ether oxygens (including phenoxy) is 1. The van der Waals surface area contributed by atoms with Gasteiger partial charge in [0.1, 0.15) is 5.82 Å². The SMILES string of the molecule is CCOC(=O)C1=C(C)N=c2s/c(=C\c3ccoc3)c(=O)n2[C@H]1c1ccc(F)cc1. The molecule has 3 heterocycles. The monoisotopic (exact) mass is 412 g/mol. The fraction of sp³-hybridized carbons (Fsp3) is 0.190. The van der Waals surface area contributed by atoms with Gasteiger partial charge in [-0.1, -0.05) is 23.5 Å². The number of thiazole rings is 1. The van der Waals surface area contributed by atoms with Gasteiger partial charge in [0.15, 0.2) is 4.80 Å². The van der Waals surface area contributed by atoms with Gasteiger partial charge in [0.2, 0.25) is 0 Å². The smallest absolute Gasteiger partial charge is 0.338 e. The van der Waals surface area contributed by atoms with Gasteiger partial charge in [0.25, 0.3) is 5.56 Å². The zero-order valence-corrected chi connectivity index (χ0v) is 16.5. The van der Waals surface area contributed by atoms with E-state index in [0.29, 0.717) is 20.6 Å². The molecule has 0 amide bonds. The lowest BCUT2D eigenvalue weighted by atomic mass is 9.96. The van der Waals surface area contributed by atoms with Gasteiger partial charge < -0.3 is 9.15 Å². The molecule has 0 saturated heterocycles. The van der Waals surface area contributed by atoms with Gasteiger partial charge in [-0.2, -0.15) is 0 Å². The zero-order valence-electron chi connectivity index (χ0n) is 15.7. The third-order valence-electron chi connectivity index (χ3n) is 4.54. The molecule has 29 heavy (non-hydrogen) atoms. The molecular formula is C21H17FN2O4S. The van der Waals surface area contributed by atoms with Crippen molar-refractivity contribution in [3.05, 3.63) is 90.8 Å². The molecule has 6 nitrogen and oxygen atoms in total. The molecule has 0 saturated carbocycles. The Kier molecular flexibility index (Phi) is 5.02. The van der Waals surface area contributed by atoms with E-state index in [4.69, 9.17) is 9.15 Å². The van der Waals surface area contributed by atoms with Crippen molar-refractivity contribution in [3.63, 3.8) is 0 Å². The number of carbonyl (C=O) groups is 1. The number of hydrogen-bond donors (Lipinski definition) is 0. The minimum absolute atomic E-state index is 0.191. The van der Waals surface area contributed by atoms with Crippen LogP contribution in [0.25, 0.3) is 6.08 Å². The molecule has 4 rings (SSSR count). The van der Waals surface area contributed by atoms with Crippen LogP contribution in [-0.2, 0) is 9.53 Å². The fourth-order valence-electron chi connectivity index (χ4n) is 3.26. The van der Waals surface area contributed by atoms with E-state index >= 15 is 0 Å². The molecule has 0 N–H and O–H groups in total. The molecule has 0 radical (unpaired) electrons. The number of halogens is 1. The highest BCUT2D eigenvalue weighted by Gasteiger charge is 2.33. The van der Waals surface area contributed by atoms with Gasteiger partial charge in [-0.25, -0.2) is 14.2 Å². The van der Waals surface area contributed by atoms with Gasteiger partial charge in [0, 0.05) is 5.56 Å². The van der Waals surface area contributed by atoms with Crippen molar-refractivity contribution in [1.82, 2.24) is 4.57 Å². The predicted octanol–water partition coefficient (Wildman–Crippen LogP) is 2.53. The molecule has 2 aromatic heterocycles. The summed E-state index contributed by atoms with van der Waals surface area (Å²) in [5.41, 5.74) is 1.78. The Morgan fingerprint density at radius 1 is 1.34 bits per heavy atom. The first kappa shape index (κ1) is 19.1. The second kappa shape index (κ2) is 7.63. The number of benzene rings is 1. The van der Waals surface area contributed by atoms with Crippen LogP contribution in [0.3, 0.4) is 0 Å². The van der Waals surface area contributed by atoms with E-state index in [9.17, 15) is 14.0 Å². The van der Waals surface area contributed by atoms with Gasteiger partial charge in [-0.3, -0.25) is 9.36 Å². The fourth-order valence-corrected chi connectivity index (χ4v) is 4.31. The Morgan fingerprint density at radius 2 is 2.10 bits per heavy atom. The van der Waals surface area contributed by atoms with Crippen molar-refractivity contribution < 1.29 is 18.3 Å². The molecule has 8 heteroatoms. The minimum atomic E-state index is -0.752. The molecule has 3 aromatic rings. The number of allylic oxidation sites excluding steroid dienone is 1. The Hall–Kier alpha value is -3.26. The van der Waals surface area contributed by atoms with E-state index in [1.54, 1.807) is 38.1 Å². The maximum Gasteiger partial charge on any atom is 0.338 e. The van der Waals surface area contributed by atoms with Crippen LogP contribution in [0.1, 0.15) is 31.0 Å². The van der Waals surface area contributed by atoms with E-state index in [1.807, 2.05) is 0 Å². The molecule has 1 aromatic carbocycles. The number of hydrogen-bond acceptors (Lipinski definition) is 6. The van der Waals surface area contributed by atoms with E-state index < -0.39 is 17.8 Å². The molecule has 0 spiro atoms. The lowest BCUT2D eigenvalue weighted by Crippen LogP contribution is -2.39. The van der Waals surface area contributed by atoms with E-state index in [1.165, 1.54) is 40.6 Å². The first-order chi connectivity index (χ1) is 14.0. The number of rotatable bonds is 4. The van der Waals surface area contributed by atoms with Gasteiger partial charge in [-0.15, -0.1) is 0 Å². The number of nitrogens with zero attached hydrogens (tertiary/aromatic N) is 2. The van der Waals surface area contributed by atoms with Gasteiger partial charge in [-0.05, 0) is 43.7 Å². The summed E-state index contributed by atoms with van der Waals surface area (Å²) in [6.45, 7) is 3.60. The summed E-state index contributed by atoms with van der Waals surface area (Å²) in [4.78, 5) is 30.9. The number of fused-ring (bicyclic) bond motifs is 1. The first-order valence-electron chi connectivity index (χ1n) is 8.97. The van der Waals surface area contributed by atoms with Crippen LogP contribution >= 0.6 is 11.3 Å². The standard InChI is InChI=1S/C21H17FN2O4S/c1-3-28-20(26)17-12(2)23-21-24(18(17)14-4-6-15(22)7-5-14)19(25)16(29-21)10-13-8-9-27-11-13/h4-11,18H,3H2,1-2H3/b16-10-/t18-/m0/s1. The van der Waals surface area contributed by atoms with E-state index in [2.05, 4.69) is 4.99 Å². The molecule has 0 bridgehead atoms. The molecule has 148 valence electrons. The van der Waals surface area contributed by atoms with Crippen LogP contribution in [0, 0.1) is 5.82 Å². The number of furan rings is 1. The predicted molar refractivity (Wildman–Crippen MR) is 106 cm³/mol. The van der Waals surface area contributed by atoms with Crippen molar-refractivity contribution in [3.8, 4) is 0 Å². The zero-order chi connectivity index (χ0) is 20.5. The molecule has 1 aliphatic rings. The average molecular weight is 412 g/mol. The number of aromatic nitrogens is 1. The second-order valence-corrected chi connectivity index (χ2v) is 7.42. The second-order valence-electron chi connectivity index (χ2n) is 6.41. The van der Waals surface area contributed by atoms with Crippen molar-refractivity contribution in [2.75, 3.05) is 6.61 Å². The normalized spacial score (nSPS) is 16.5. The lowest BCUT2D eigenvalue weighted by Gasteiger charge is -2.24. The summed E-state index contributed by atoms with van der Waals surface area (Å²) in [6, 6.07) is 6.71. The van der Waals surface area contributed by atoms with Gasteiger partial charge in [0.05, 0.1) is 41.0 Å². The quantitative estimate of drug-likeness (QED) is 0.618. The van der Waals surface area contributed by atoms with Crippen LogP contribution in [0.15, 0.2) is 68.3 Å². The summed E-state index contributed by atoms with van der Waals surface area (Å²) in [7, 11) is 0. The molecule has 0 aliphatic carbocycles. The van der Waals surface area contributed by atoms with Crippen molar-refractivity contribution in [1.29, 1.82) is 0 Å². The number of carbonyl (C=O) groups excluding carboxylic acids is 1. The summed E-state index contributed by atoms with van der Waals surface area (Å²) in [5.74, 6) is -0.952.